The summed E-state index contributed by atoms with van der Waals surface area (Å²) >= 11 is 0. The lowest BCUT2D eigenvalue weighted by Gasteiger charge is -2.28. The minimum atomic E-state index is -3.62. The van der Waals surface area contributed by atoms with Crippen LogP contribution < -0.4 is 0 Å². The van der Waals surface area contributed by atoms with Crippen molar-refractivity contribution in [2.75, 3.05) is 26.3 Å². The first-order chi connectivity index (χ1) is 9.80. The summed E-state index contributed by atoms with van der Waals surface area (Å²) < 4.78 is 30.1. The fraction of sp³-hybridized carbons (Fsp3) is 0.846. The van der Waals surface area contributed by atoms with Crippen molar-refractivity contribution in [3.05, 3.63) is 0 Å². The van der Waals surface area contributed by atoms with Gasteiger partial charge in [-0.1, -0.05) is 6.92 Å². The predicted octanol–water partition coefficient (Wildman–Crippen LogP) is 0.292. The number of hydrogen-bond donors (Lipinski definition) is 1. The zero-order valence-corrected chi connectivity index (χ0v) is 13.3. The topological polar surface area (TPSA) is 101 Å². The number of ether oxygens (including phenoxy) is 1. The van der Waals surface area contributed by atoms with Crippen molar-refractivity contribution in [2.24, 2.45) is 0 Å². The maximum atomic E-state index is 12.5. The molecule has 1 rings (SSSR count). The van der Waals surface area contributed by atoms with Crippen LogP contribution >= 0.6 is 0 Å². The summed E-state index contributed by atoms with van der Waals surface area (Å²) in [6.07, 6.45) is 1.34. The van der Waals surface area contributed by atoms with E-state index in [1.54, 1.807) is 6.92 Å². The Kier molecular flexibility index (Phi) is 6.60. The Morgan fingerprint density at radius 3 is 2.38 bits per heavy atom. The van der Waals surface area contributed by atoms with Crippen molar-refractivity contribution < 1.29 is 27.9 Å². The molecule has 0 aromatic carbocycles. The Balaban J connectivity index is 2.84. The van der Waals surface area contributed by atoms with Gasteiger partial charge in [-0.05, 0) is 26.2 Å². The fourth-order valence-corrected chi connectivity index (χ4v) is 4.25. The normalized spacial score (nSPS) is 18.2. The van der Waals surface area contributed by atoms with Crippen molar-refractivity contribution in [1.29, 1.82) is 0 Å². The van der Waals surface area contributed by atoms with E-state index >= 15 is 0 Å². The van der Waals surface area contributed by atoms with E-state index < -0.39 is 38.8 Å². The molecule has 1 unspecified atom stereocenters. The second kappa shape index (κ2) is 7.74. The SMILES string of the molecule is CCCN(CC(=O)O)C(=O)C(C)S(=O)(=O)C1CCOCC1. The minimum absolute atomic E-state index is 0.235. The molecule has 1 amide bonds. The molecular formula is C13H23NO6S. The third-order valence-corrected chi connectivity index (χ3v) is 6.19. The Labute approximate surface area is 125 Å². The van der Waals surface area contributed by atoms with Gasteiger partial charge in [-0.2, -0.15) is 0 Å². The average molecular weight is 321 g/mol. The average Bonchev–Trinajstić information content (AvgIpc) is 2.45. The highest BCUT2D eigenvalue weighted by molar-refractivity contribution is 7.93. The molecule has 0 spiro atoms. The van der Waals surface area contributed by atoms with Crippen molar-refractivity contribution in [1.82, 2.24) is 4.90 Å². The quantitative estimate of drug-likeness (QED) is 0.723. The van der Waals surface area contributed by atoms with Gasteiger partial charge < -0.3 is 14.7 Å². The van der Waals surface area contributed by atoms with Crippen molar-refractivity contribution in [3.8, 4) is 0 Å². The summed E-state index contributed by atoms with van der Waals surface area (Å²) in [6, 6.07) is 0. The number of aliphatic carboxylic acids is 1. The van der Waals surface area contributed by atoms with Crippen LogP contribution in [-0.4, -0.2) is 67.1 Å². The van der Waals surface area contributed by atoms with Gasteiger partial charge in [0.05, 0.1) is 5.25 Å². The Morgan fingerprint density at radius 1 is 1.33 bits per heavy atom. The van der Waals surface area contributed by atoms with Crippen LogP contribution in [0, 0.1) is 0 Å². The van der Waals surface area contributed by atoms with Crippen LogP contribution in [0.3, 0.4) is 0 Å². The van der Waals surface area contributed by atoms with Crippen LogP contribution in [0.4, 0.5) is 0 Å². The number of nitrogens with zero attached hydrogens (tertiary/aromatic N) is 1. The first kappa shape index (κ1) is 17.9. The van der Waals surface area contributed by atoms with E-state index in [-0.39, 0.29) is 6.54 Å². The molecule has 1 aliphatic rings. The predicted molar refractivity (Wildman–Crippen MR) is 76.7 cm³/mol. The van der Waals surface area contributed by atoms with Crippen molar-refractivity contribution >= 4 is 21.7 Å². The lowest BCUT2D eigenvalue weighted by molar-refractivity contribution is -0.144. The molecule has 1 aliphatic heterocycles. The van der Waals surface area contributed by atoms with Crippen LogP contribution in [-0.2, 0) is 24.2 Å². The minimum Gasteiger partial charge on any atom is -0.480 e. The Bertz CT molecular complexity index is 469. The molecule has 0 aliphatic carbocycles. The molecule has 0 bridgehead atoms. The van der Waals surface area contributed by atoms with Gasteiger partial charge in [0.1, 0.15) is 11.8 Å². The first-order valence-electron chi connectivity index (χ1n) is 7.11. The summed E-state index contributed by atoms with van der Waals surface area (Å²) in [5.41, 5.74) is 0. The maximum Gasteiger partial charge on any atom is 0.323 e. The molecule has 21 heavy (non-hydrogen) atoms. The van der Waals surface area contributed by atoms with E-state index in [0.29, 0.717) is 32.5 Å². The zero-order valence-electron chi connectivity index (χ0n) is 12.4. The molecule has 0 saturated carbocycles. The second-order valence-electron chi connectivity index (χ2n) is 5.20. The third kappa shape index (κ3) is 4.67. The van der Waals surface area contributed by atoms with Crippen LogP contribution in [0.15, 0.2) is 0 Å². The molecule has 0 aromatic heterocycles. The summed E-state index contributed by atoms with van der Waals surface area (Å²) in [7, 11) is -3.62. The molecule has 122 valence electrons. The van der Waals surface area contributed by atoms with E-state index in [1.165, 1.54) is 6.92 Å². The lowest BCUT2D eigenvalue weighted by Crippen LogP contribution is -2.47. The second-order valence-corrected chi connectivity index (χ2v) is 7.75. The number of carboxylic acids is 1. The summed E-state index contributed by atoms with van der Waals surface area (Å²) in [5.74, 6) is -1.78. The zero-order chi connectivity index (χ0) is 16.0. The van der Waals surface area contributed by atoms with Crippen LogP contribution in [0.2, 0.25) is 0 Å². The molecule has 1 N–H and O–H groups in total. The molecule has 1 atom stereocenters. The maximum absolute atomic E-state index is 12.5. The number of carboxylic acid groups (broad SMARTS) is 1. The lowest BCUT2D eigenvalue weighted by atomic mass is 10.2. The van der Waals surface area contributed by atoms with Crippen LogP contribution in [0.5, 0.6) is 0 Å². The van der Waals surface area contributed by atoms with Gasteiger partial charge in [-0.3, -0.25) is 9.59 Å². The molecule has 1 saturated heterocycles. The molecular weight excluding hydrogens is 298 g/mol. The van der Waals surface area contributed by atoms with E-state index in [2.05, 4.69) is 0 Å². The number of sulfone groups is 1. The summed E-state index contributed by atoms with van der Waals surface area (Å²) in [4.78, 5) is 24.2. The largest absolute Gasteiger partial charge is 0.480 e. The fourth-order valence-electron chi connectivity index (χ4n) is 2.39. The van der Waals surface area contributed by atoms with E-state index in [1.807, 2.05) is 0 Å². The standard InChI is InChI=1S/C13H23NO6S/c1-3-6-14(9-12(15)16)13(17)10(2)21(18,19)11-4-7-20-8-5-11/h10-11H,3-9H2,1-2H3,(H,15,16). The number of carbonyl (C=O) groups is 2. The highest BCUT2D eigenvalue weighted by Crippen LogP contribution is 2.21. The number of rotatable bonds is 7. The first-order valence-corrected chi connectivity index (χ1v) is 8.72. The van der Waals surface area contributed by atoms with Crippen LogP contribution in [0.1, 0.15) is 33.1 Å². The highest BCUT2D eigenvalue weighted by atomic mass is 32.2. The molecule has 1 fully saturated rings. The Hall–Kier alpha value is -1.15. The molecule has 7 nitrogen and oxygen atoms in total. The molecule has 8 heteroatoms. The highest BCUT2D eigenvalue weighted by Gasteiger charge is 2.38. The van der Waals surface area contributed by atoms with Crippen LogP contribution in [0.25, 0.3) is 0 Å². The number of carbonyl (C=O) groups excluding carboxylic acids is 1. The van der Waals surface area contributed by atoms with Gasteiger partial charge in [-0.25, -0.2) is 8.42 Å². The molecule has 1 heterocycles. The third-order valence-electron chi connectivity index (χ3n) is 3.60. The summed E-state index contributed by atoms with van der Waals surface area (Å²) in [6.45, 7) is 3.66. The van der Waals surface area contributed by atoms with Gasteiger partial charge in [0.25, 0.3) is 0 Å². The van der Waals surface area contributed by atoms with Crippen molar-refractivity contribution in [3.63, 3.8) is 0 Å². The number of amides is 1. The van der Waals surface area contributed by atoms with E-state index in [9.17, 15) is 18.0 Å². The monoisotopic (exact) mass is 321 g/mol. The van der Waals surface area contributed by atoms with E-state index in [4.69, 9.17) is 9.84 Å². The molecule has 0 aromatic rings. The molecule has 0 radical (unpaired) electrons. The van der Waals surface area contributed by atoms with Gasteiger partial charge in [0, 0.05) is 19.8 Å². The van der Waals surface area contributed by atoms with Crippen molar-refractivity contribution in [2.45, 2.75) is 43.6 Å². The van der Waals surface area contributed by atoms with E-state index in [0.717, 1.165) is 4.90 Å². The summed E-state index contributed by atoms with van der Waals surface area (Å²) in [5, 5.41) is 7.03. The van der Waals surface area contributed by atoms with Gasteiger partial charge >= 0.3 is 5.97 Å². The Morgan fingerprint density at radius 2 is 1.90 bits per heavy atom. The van der Waals surface area contributed by atoms with Gasteiger partial charge in [0.2, 0.25) is 5.91 Å². The van der Waals surface area contributed by atoms with Gasteiger partial charge in [0.15, 0.2) is 9.84 Å². The number of hydrogen-bond acceptors (Lipinski definition) is 5. The smallest absolute Gasteiger partial charge is 0.323 e. The van der Waals surface area contributed by atoms with Gasteiger partial charge in [-0.15, -0.1) is 0 Å².